The Morgan fingerprint density at radius 3 is 1.91 bits per heavy atom. The second kappa shape index (κ2) is 11.7. The van der Waals surface area contributed by atoms with Crippen LogP contribution in [-0.4, -0.2) is 19.7 Å². The Kier molecular flexibility index (Phi) is 7.91. The average Bonchev–Trinajstić information content (AvgIpc) is 2.99. The van der Waals surface area contributed by atoms with Crippen LogP contribution >= 0.6 is 0 Å². The Morgan fingerprint density at radius 2 is 1.23 bits per heavy atom. The van der Waals surface area contributed by atoms with Crippen LogP contribution in [-0.2, 0) is 12.8 Å². The number of fused-ring (bicyclic) bond motifs is 1. The Bertz CT molecular complexity index is 1900. The van der Waals surface area contributed by atoms with Gasteiger partial charge in [0, 0.05) is 5.56 Å². The summed E-state index contributed by atoms with van der Waals surface area (Å²) in [5, 5.41) is 23.5. The molecule has 0 bridgehead atoms. The lowest BCUT2D eigenvalue weighted by Gasteiger charge is -2.43. The van der Waals surface area contributed by atoms with Crippen LogP contribution in [0.2, 0.25) is 16.6 Å². The van der Waals surface area contributed by atoms with E-state index >= 15 is 0 Å². The van der Waals surface area contributed by atoms with Crippen molar-refractivity contribution >= 4 is 57.6 Å². The quantitative estimate of drug-likeness (QED) is 0.0571. The first-order valence-corrected chi connectivity index (χ1v) is 18.0. The van der Waals surface area contributed by atoms with Gasteiger partial charge >= 0.3 is 0 Å². The topological polar surface area (TPSA) is 41.8 Å². The fourth-order valence-electron chi connectivity index (χ4n) is 7.92. The normalized spacial score (nSPS) is 12.9. The largest absolute Gasteiger partial charge is 0.542 e. The SMILES string of the molecule is CC(C)[Si](Oc1c(CCCc2ccc3ccc4cccc5ccc2c3c45)cc2ccccc2c1/C=N/O)(C(C)C)C(C)C. The first-order chi connectivity index (χ1) is 20.8. The molecule has 0 saturated carbocycles. The summed E-state index contributed by atoms with van der Waals surface area (Å²) < 4.78 is 7.40. The van der Waals surface area contributed by atoms with Crippen molar-refractivity contribution in [2.45, 2.75) is 77.4 Å². The molecule has 6 aromatic rings. The molecule has 0 aliphatic rings. The van der Waals surface area contributed by atoms with Crippen LogP contribution < -0.4 is 4.43 Å². The van der Waals surface area contributed by atoms with E-state index in [1.165, 1.54) is 43.4 Å². The van der Waals surface area contributed by atoms with E-state index in [9.17, 15) is 5.21 Å². The van der Waals surface area contributed by atoms with Crippen LogP contribution in [0, 0.1) is 0 Å². The minimum Gasteiger partial charge on any atom is -0.542 e. The van der Waals surface area contributed by atoms with E-state index in [4.69, 9.17) is 4.43 Å². The van der Waals surface area contributed by atoms with Gasteiger partial charge in [-0.2, -0.15) is 0 Å². The highest BCUT2D eigenvalue weighted by molar-refractivity contribution is 6.78. The molecular weight excluding hydrogens is 543 g/mol. The number of aryl methyl sites for hydroxylation is 2. The van der Waals surface area contributed by atoms with Gasteiger partial charge in [-0.3, -0.25) is 0 Å². The molecule has 220 valence electrons. The first-order valence-electron chi connectivity index (χ1n) is 15.8. The summed E-state index contributed by atoms with van der Waals surface area (Å²) >= 11 is 0. The molecule has 0 aliphatic heterocycles. The molecule has 3 nitrogen and oxygen atoms in total. The van der Waals surface area contributed by atoms with Crippen molar-refractivity contribution in [2.24, 2.45) is 5.16 Å². The van der Waals surface area contributed by atoms with E-state index in [1.807, 2.05) is 6.07 Å². The monoisotopic (exact) mass is 585 g/mol. The van der Waals surface area contributed by atoms with Gasteiger partial charge in [0.1, 0.15) is 5.75 Å². The van der Waals surface area contributed by atoms with Crippen molar-refractivity contribution < 1.29 is 9.63 Å². The molecule has 6 rings (SSSR count). The number of hydrogen-bond acceptors (Lipinski definition) is 3. The summed E-state index contributed by atoms with van der Waals surface area (Å²) in [5.41, 5.74) is 4.78. The molecule has 0 fully saturated rings. The van der Waals surface area contributed by atoms with Gasteiger partial charge < -0.3 is 9.63 Å². The highest BCUT2D eigenvalue weighted by Gasteiger charge is 2.47. The second-order valence-corrected chi connectivity index (χ2v) is 18.5. The molecule has 0 unspecified atom stereocenters. The molecule has 0 aromatic heterocycles. The Labute approximate surface area is 256 Å². The fourth-order valence-corrected chi connectivity index (χ4v) is 13.2. The zero-order valence-corrected chi connectivity index (χ0v) is 27.3. The van der Waals surface area contributed by atoms with E-state index in [0.717, 1.165) is 41.3 Å². The fraction of sp³-hybridized carbons (Fsp3) is 0.308. The molecule has 0 spiro atoms. The summed E-state index contributed by atoms with van der Waals surface area (Å²) in [6.07, 6.45) is 4.44. The number of rotatable bonds is 10. The molecule has 4 heteroatoms. The van der Waals surface area contributed by atoms with Gasteiger partial charge in [0.2, 0.25) is 0 Å². The molecule has 0 atom stereocenters. The standard InChI is InChI=1S/C39H43NO2Si/c1-25(2)43(26(3)4,27(5)6)42-39-33(23-32-11-7-8-16-34(32)36(39)24-40-41)15-9-12-28-17-18-31-20-19-29-13-10-14-30-21-22-35(28)38(31)37(29)30/h7-8,10-11,13-14,16-27,41H,9,12,15H2,1-6H3/b40-24+. The maximum atomic E-state index is 9.79. The number of benzene rings is 6. The molecular formula is C39H43NO2Si. The van der Waals surface area contributed by atoms with Gasteiger partial charge in [-0.05, 0) is 96.2 Å². The van der Waals surface area contributed by atoms with Crippen LogP contribution in [0.5, 0.6) is 5.75 Å². The van der Waals surface area contributed by atoms with Gasteiger partial charge in [-0.1, -0.05) is 126 Å². The lowest BCUT2D eigenvalue weighted by atomic mass is 9.90. The molecule has 0 saturated heterocycles. The highest BCUT2D eigenvalue weighted by atomic mass is 28.4. The van der Waals surface area contributed by atoms with Gasteiger partial charge in [0.05, 0.1) is 6.21 Å². The lowest BCUT2D eigenvalue weighted by Crippen LogP contribution is -2.51. The molecule has 0 aliphatic carbocycles. The van der Waals surface area contributed by atoms with Crippen molar-refractivity contribution in [3.63, 3.8) is 0 Å². The molecule has 43 heavy (non-hydrogen) atoms. The maximum Gasteiger partial charge on any atom is 0.258 e. The molecule has 0 heterocycles. The predicted molar refractivity (Wildman–Crippen MR) is 187 cm³/mol. The highest BCUT2D eigenvalue weighted by Crippen LogP contribution is 2.45. The van der Waals surface area contributed by atoms with Gasteiger partial charge in [-0.15, -0.1) is 0 Å². The van der Waals surface area contributed by atoms with E-state index in [-0.39, 0.29) is 0 Å². The summed E-state index contributed by atoms with van der Waals surface area (Å²) in [5.74, 6) is 0.912. The van der Waals surface area contributed by atoms with Gasteiger partial charge in [0.15, 0.2) is 0 Å². The van der Waals surface area contributed by atoms with Crippen molar-refractivity contribution in [3.8, 4) is 5.75 Å². The molecule has 0 radical (unpaired) electrons. The third-order valence-electron chi connectivity index (χ3n) is 9.80. The van der Waals surface area contributed by atoms with Crippen LogP contribution in [0.1, 0.15) is 64.7 Å². The van der Waals surface area contributed by atoms with E-state index in [2.05, 4.69) is 126 Å². The Balaban J connectivity index is 1.42. The van der Waals surface area contributed by atoms with Crippen molar-refractivity contribution in [1.29, 1.82) is 0 Å². The second-order valence-electron chi connectivity index (χ2n) is 13.1. The summed E-state index contributed by atoms with van der Waals surface area (Å²) in [4.78, 5) is 0. The van der Waals surface area contributed by atoms with E-state index in [0.29, 0.717) is 16.6 Å². The Morgan fingerprint density at radius 1 is 0.651 bits per heavy atom. The minimum absolute atomic E-state index is 0.433. The zero-order valence-electron chi connectivity index (χ0n) is 26.3. The molecule has 1 N–H and O–H groups in total. The summed E-state index contributed by atoms with van der Waals surface area (Å²) in [6.45, 7) is 13.9. The predicted octanol–water partition coefficient (Wildman–Crippen LogP) is 11.3. The third-order valence-corrected chi connectivity index (χ3v) is 15.8. The van der Waals surface area contributed by atoms with Crippen LogP contribution in [0.25, 0.3) is 43.1 Å². The zero-order chi connectivity index (χ0) is 30.3. The van der Waals surface area contributed by atoms with Gasteiger partial charge in [0.25, 0.3) is 8.32 Å². The average molecular weight is 586 g/mol. The third kappa shape index (κ3) is 4.96. The van der Waals surface area contributed by atoms with Crippen LogP contribution in [0.4, 0.5) is 0 Å². The van der Waals surface area contributed by atoms with E-state index < -0.39 is 8.32 Å². The number of hydrogen-bond donors (Lipinski definition) is 1. The minimum atomic E-state index is -2.27. The number of nitrogens with zero attached hydrogens (tertiary/aromatic N) is 1. The molecule has 0 amide bonds. The van der Waals surface area contributed by atoms with E-state index in [1.54, 1.807) is 6.21 Å². The van der Waals surface area contributed by atoms with Crippen molar-refractivity contribution in [3.05, 3.63) is 102 Å². The van der Waals surface area contributed by atoms with Gasteiger partial charge in [-0.25, -0.2) is 0 Å². The summed E-state index contributed by atoms with van der Waals surface area (Å²) in [7, 11) is -2.27. The number of oxime groups is 1. The maximum absolute atomic E-state index is 9.79. The lowest BCUT2D eigenvalue weighted by molar-refractivity contribution is 0.321. The van der Waals surface area contributed by atoms with Crippen molar-refractivity contribution in [2.75, 3.05) is 0 Å². The first kappa shape index (κ1) is 29.2. The van der Waals surface area contributed by atoms with Crippen LogP contribution in [0.15, 0.2) is 90.1 Å². The van der Waals surface area contributed by atoms with Crippen LogP contribution in [0.3, 0.4) is 0 Å². The smallest absolute Gasteiger partial charge is 0.258 e. The molecule has 6 aromatic carbocycles. The van der Waals surface area contributed by atoms with Crippen molar-refractivity contribution in [1.82, 2.24) is 0 Å². The summed E-state index contributed by atoms with van der Waals surface area (Å²) in [6, 6.07) is 31.0. The Hall–Kier alpha value is -3.89.